The van der Waals surface area contributed by atoms with Crippen LogP contribution in [0.4, 0.5) is 11.4 Å². The van der Waals surface area contributed by atoms with Gasteiger partial charge in [-0.05, 0) is 42.8 Å². The quantitative estimate of drug-likeness (QED) is 0.830. The number of nitrogens with one attached hydrogen (secondary N) is 1. The predicted molar refractivity (Wildman–Crippen MR) is 85.3 cm³/mol. The molecule has 0 aliphatic rings. The molecule has 0 aromatic heterocycles. The van der Waals surface area contributed by atoms with Gasteiger partial charge in [-0.3, -0.25) is 4.79 Å². The lowest BCUT2D eigenvalue weighted by atomic mass is 10.2. The average Bonchev–Trinajstić information content (AvgIpc) is 2.49. The second-order valence-electron chi connectivity index (χ2n) is 4.85. The molecule has 5 heteroatoms. The summed E-state index contributed by atoms with van der Waals surface area (Å²) in [4.78, 5) is 12.1. The fourth-order valence-electron chi connectivity index (χ4n) is 1.90. The van der Waals surface area contributed by atoms with Crippen LogP contribution < -0.4 is 15.8 Å². The molecule has 3 N–H and O–H groups in total. The molecule has 2 rings (SSSR count). The molecule has 2 aromatic rings. The second-order valence-corrected chi connectivity index (χ2v) is 4.85. The van der Waals surface area contributed by atoms with Gasteiger partial charge in [-0.25, -0.2) is 0 Å². The summed E-state index contributed by atoms with van der Waals surface area (Å²) in [6.45, 7) is 1.67. The number of hydrogen-bond acceptors (Lipinski definition) is 4. The maximum absolute atomic E-state index is 12.1. The van der Waals surface area contributed by atoms with E-state index >= 15 is 0 Å². The molecule has 0 spiro atoms. The maximum atomic E-state index is 12.1. The van der Waals surface area contributed by atoms with Crippen LogP contribution in [-0.4, -0.2) is 12.0 Å². The van der Waals surface area contributed by atoms with Crippen molar-refractivity contribution in [2.75, 3.05) is 11.1 Å². The SMILES string of the molecule is CC(Oc1ccc(CC#N)cc1)C(=O)Nc1cccc(N)c1. The van der Waals surface area contributed by atoms with Gasteiger partial charge in [0.2, 0.25) is 0 Å². The van der Waals surface area contributed by atoms with Gasteiger partial charge in [-0.1, -0.05) is 18.2 Å². The summed E-state index contributed by atoms with van der Waals surface area (Å²) in [6, 6.07) is 16.1. The summed E-state index contributed by atoms with van der Waals surface area (Å²) in [7, 11) is 0. The first kappa shape index (κ1) is 15.4. The lowest BCUT2D eigenvalue weighted by molar-refractivity contribution is -0.122. The first-order valence-corrected chi connectivity index (χ1v) is 6.87. The van der Waals surface area contributed by atoms with Crippen molar-refractivity contribution in [1.29, 1.82) is 5.26 Å². The van der Waals surface area contributed by atoms with Crippen LogP contribution in [0.1, 0.15) is 12.5 Å². The Morgan fingerprint density at radius 3 is 2.68 bits per heavy atom. The fourth-order valence-corrected chi connectivity index (χ4v) is 1.90. The third-order valence-corrected chi connectivity index (χ3v) is 3.04. The molecule has 112 valence electrons. The molecule has 0 saturated carbocycles. The number of nitrogen functional groups attached to an aromatic ring is 1. The van der Waals surface area contributed by atoms with Crippen LogP contribution >= 0.6 is 0 Å². The van der Waals surface area contributed by atoms with E-state index in [1.54, 1.807) is 55.5 Å². The Balaban J connectivity index is 1.95. The molecule has 1 atom stereocenters. The Morgan fingerprint density at radius 2 is 2.05 bits per heavy atom. The molecule has 2 aromatic carbocycles. The van der Waals surface area contributed by atoms with Gasteiger partial charge < -0.3 is 15.8 Å². The van der Waals surface area contributed by atoms with E-state index < -0.39 is 6.10 Å². The van der Waals surface area contributed by atoms with E-state index in [1.807, 2.05) is 0 Å². The van der Waals surface area contributed by atoms with Crippen LogP contribution in [0.3, 0.4) is 0 Å². The number of nitrogens with two attached hydrogens (primary N) is 1. The van der Waals surface area contributed by atoms with E-state index in [1.165, 1.54) is 0 Å². The van der Waals surface area contributed by atoms with E-state index in [-0.39, 0.29) is 5.91 Å². The molecule has 0 aliphatic carbocycles. The molecule has 0 fully saturated rings. The van der Waals surface area contributed by atoms with Gasteiger partial charge >= 0.3 is 0 Å². The Morgan fingerprint density at radius 1 is 1.32 bits per heavy atom. The number of rotatable bonds is 5. The Bertz CT molecular complexity index is 690. The minimum absolute atomic E-state index is 0.258. The van der Waals surface area contributed by atoms with Crippen molar-refractivity contribution in [1.82, 2.24) is 0 Å². The highest BCUT2D eigenvalue weighted by Gasteiger charge is 2.14. The molecule has 1 unspecified atom stereocenters. The number of carbonyl (C=O) groups is 1. The Kier molecular flexibility index (Phi) is 4.99. The summed E-state index contributed by atoms with van der Waals surface area (Å²) < 4.78 is 5.59. The molecular formula is C17H17N3O2. The van der Waals surface area contributed by atoms with E-state index in [9.17, 15) is 4.79 Å². The van der Waals surface area contributed by atoms with E-state index in [0.717, 1.165) is 5.56 Å². The normalized spacial score (nSPS) is 11.3. The van der Waals surface area contributed by atoms with E-state index in [0.29, 0.717) is 23.5 Å². The van der Waals surface area contributed by atoms with Gasteiger partial charge in [-0.2, -0.15) is 5.26 Å². The standard InChI is InChI=1S/C17H17N3O2/c1-12(17(21)20-15-4-2-3-14(19)11-15)22-16-7-5-13(6-8-16)9-10-18/h2-8,11-12H,9,19H2,1H3,(H,20,21). The van der Waals surface area contributed by atoms with Crippen LogP contribution in [0.25, 0.3) is 0 Å². The first-order chi connectivity index (χ1) is 10.6. The van der Waals surface area contributed by atoms with Gasteiger partial charge in [0.1, 0.15) is 5.75 Å². The van der Waals surface area contributed by atoms with Gasteiger partial charge in [0.15, 0.2) is 6.10 Å². The lowest BCUT2D eigenvalue weighted by Gasteiger charge is -2.15. The Labute approximate surface area is 129 Å². The van der Waals surface area contributed by atoms with Gasteiger partial charge in [0.05, 0.1) is 12.5 Å². The smallest absolute Gasteiger partial charge is 0.265 e. The van der Waals surface area contributed by atoms with Crippen molar-refractivity contribution in [3.63, 3.8) is 0 Å². The molecular weight excluding hydrogens is 278 g/mol. The molecule has 1 amide bonds. The number of amides is 1. The van der Waals surface area contributed by atoms with Gasteiger partial charge in [0, 0.05) is 11.4 Å². The number of hydrogen-bond donors (Lipinski definition) is 2. The highest BCUT2D eigenvalue weighted by atomic mass is 16.5. The van der Waals surface area contributed by atoms with Crippen molar-refractivity contribution in [2.24, 2.45) is 0 Å². The number of nitriles is 1. The van der Waals surface area contributed by atoms with Crippen molar-refractivity contribution >= 4 is 17.3 Å². The van der Waals surface area contributed by atoms with Gasteiger partial charge in [0.25, 0.3) is 5.91 Å². The van der Waals surface area contributed by atoms with Crippen LogP contribution in [-0.2, 0) is 11.2 Å². The first-order valence-electron chi connectivity index (χ1n) is 6.87. The van der Waals surface area contributed by atoms with Crippen molar-refractivity contribution in [3.8, 4) is 11.8 Å². The van der Waals surface area contributed by atoms with Crippen LogP contribution in [0.15, 0.2) is 48.5 Å². The van der Waals surface area contributed by atoms with Gasteiger partial charge in [-0.15, -0.1) is 0 Å². The number of ether oxygens (including phenoxy) is 1. The minimum Gasteiger partial charge on any atom is -0.481 e. The van der Waals surface area contributed by atoms with Crippen molar-refractivity contribution in [2.45, 2.75) is 19.4 Å². The van der Waals surface area contributed by atoms with E-state index in [4.69, 9.17) is 15.7 Å². The molecule has 5 nitrogen and oxygen atoms in total. The summed E-state index contributed by atoms with van der Waals surface area (Å²) in [6.07, 6.45) is -0.297. The fraction of sp³-hybridized carbons (Fsp3) is 0.176. The molecule has 0 heterocycles. The zero-order chi connectivity index (χ0) is 15.9. The average molecular weight is 295 g/mol. The zero-order valence-corrected chi connectivity index (χ0v) is 12.2. The van der Waals surface area contributed by atoms with Crippen LogP contribution in [0.2, 0.25) is 0 Å². The molecule has 0 radical (unpaired) electrons. The number of carbonyl (C=O) groups excluding carboxylic acids is 1. The highest BCUT2D eigenvalue weighted by Crippen LogP contribution is 2.16. The number of anilines is 2. The molecule has 0 bridgehead atoms. The zero-order valence-electron chi connectivity index (χ0n) is 12.2. The topological polar surface area (TPSA) is 88.1 Å². The van der Waals surface area contributed by atoms with Crippen molar-refractivity contribution < 1.29 is 9.53 Å². The lowest BCUT2D eigenvalue weighted by Crippen LogP contribution is -2.30. The minimum atomic E-state index is -0.650. The third-order valence-electron chi connectivity index (χ3n) is 3.04. The monoisotopic (exact) mass is 295 g/mol. The Hall–Kier alpha value is -3.00. The van der Waals surface area contributed by atoms with E-state index in [2.05, 4.69) is 11.4 Å². The summed E-state index contributed by atoms with van der Waals surface area (Å²) >= 11 is 0. The third kappa shape index (κ3) is 4.25. The summed E-state index contributed by atoms with van der Waals surface area (Å²) in [5.74, 6) is 0.323. The molecule has 22 heavy (non-hydrogen) atoms. The maximum Gasteiger partial charge on any atom is 0.265 e. The number of nitrogens with zero attached hydrogens (tertiary/aromatic N) is 1. The second kappa shape index (κ2) is 7.14. The molecule has 0 aliphatic heterocycles. The predicted octanol–water partition coefficient (Wildman–Crippen LogP) is 2.74. The van der Waals surface area contributed by atoms with Crippen LogP contribution in [0, 0.1) is 11.3 Å². The van der Waals surface area contributed by atoms with Crippen molar-refractivity contribution in [3.05, 3.63) is 54.1 Å². The number of benzene rings is 2. The summed E-state index contributed by atoms with van der Waals surface area (Å²) in [5.41, 5.74) is 7.79. The molecule has 0 saturated heterocycles. The highest BCUT2D eigenvalue weighted by molar-refractivity contribution is 5.94. The summed E-state index contributed by atoms with van der Waals surface area (Å²) in [5, 5.41) is 11.4. The van der Waals surface area contributed by atoms with Crippen LogP contribution in [0.5, 0.6) is 5.75 Å². The largest absolute Gasteiger partial charge is 0.481 e.